The van der Waals surface area contributed by atoms with Crippen LogP contribution in [0.15, 0.2) is 72.9 Å². The van der Waals surface area contributed by atoms with Gasteiger partial charge in [0, 0.05) is 12.8 Å². The van der Waals surface area contributed by atoms with Gasteiger partial charge >= 0.3 is 25.7 Å². The van der Waals surface area contributed by atoms with Crippen LogP contribution < -0.4 is 5.73 Å². The second-order valence-electron chi connectivity index (χ2n) is 16.6. The van der Waals surface area contributed by atoms with Gasteiger partial charge in [-0.1, -0.05) is 183 Å². The van der Waals surface area contributed by atoms with Crippen molar-refractivity contribution in [2.75, 3.05) is 19.8 Å². The Bertz CT molecular complexity index is 1360. The smallest absolute Gasteiger partial charge is 0.472 e. The van der Waals surface area contributed by atoms with Crippen LogP contribution in [0, 0.1) is 0 Å². The molecule has 0 amide bonds. The third-order valence-electron chi connectivity index (χ3n) is 10.4. The molecule has 0 heterocycles. The number of carbonyl (C=O) groups is 3. The number of rotatable bonds is 46. The van der Waals surface area contributed by atoms with E-state index in [1.165, 1.54) is 96.3 Å². The van der Waals surface area contributed by atoms with Crippen LogP contribution in [0.25, 0.3) is 0 Å². The zero-order chi connectivity index (χ0) is 47.0. The molecule has 0 bridgehead atoms. The monoisotopic (exact) mass is 920 g/mol. The summed E-state index contributed by atoms with van der Waals surface area (Å²) in [5.41, 5.74) is 5.35. The SMILES string of the molecule is CC/C=C\C/C=C\C/C=C\C/C=C\C/C=C\CCCCCC(=O)OC[C@H](COP(=O)(O)OC[C@H](N)C(=O)O)OC(=O)CCCCCCCCCCCCC/C=C\CCCCCCCC. The highest BCUT2D eigenvalue weighted by atomic mass is 31.2. The zero-order valence-corrected chi connectivity index (χ0v) is 41.0. The fourth-order valence-electron chi connectivity index (χ4n) is 6.56. The van der Waals surface area contributed by atoms with E-state index in [0.717, 1.165) is 70.6 Å². The zero-order valence-electron chi connectivity index (χ0n) is 40.1. The fourth-order valence-corrected chi connectivity index (χ4v) is 7.34. The number of ether oxygens (including phenoxy) is 2. The van der Waals surface area contributed by atoms with Gasteiger partial charge in [0.15, 0.2) is 6.10 Å². The first kappa shape index (κ1) is 60.9. The number of hydrogen-bond donors (Lipinski definition) is 3. The van der Waals surface area contributed by atoms with E-state index in [9.17, 15) is 23.8 Å². The Morgan fingerprint density at radius 3 is 1.34 bits per heavy atom. The quantitative estimate of drug-likeness (QED) is 0.0230. The molecule has 0 fully saturated rings. The van der Waals surface area contributed by atoms with Crippen molar-refractivity contribution in [3.8, 4) is 0 Å². The molecule has 0 spiro atoms. The van der Waals surface area contributed by atoms with E-state index in [-0.39, 0.29) is 19.4 Å². The van der Waals surface area contributed by atoms with Gasteiger partial charge in [0.25, 0.3) is 0 Å². The highest BCUT2D eigenvalue weighted by Gasteiger charge is 2.28. The van der Waals surface area contributed by atoms with Crippen LogP contribution in [-0.4, -0.2) is 59.9 Å². The van der Waals surface area contributed by atoms with Crippen LogP contribution in [0.5, 0.6) is 0 Å². The highest BCUT2D eigenvalue weighted by molar-refractivity contribution is 7.47. The molecule has 368 valence electrons. The number of hydrogen-bond acceptors (Lipinski definition) is 9. The van der Waals surface area contributed by atoms with Gasteiger partial charge in [0.05, 0.1) is 13.2 Å². The fraction of sp³-hybridized carbons (Fsp3) is 0.712. The van der Waals surface area contributed by atoms with Crippen LogP contribution >= 0.6 is 7.82 Å². The van der Waals surface area contributed by atoms with E-state index in [1.54, 1.807) is 0 Å². The van der Waals surface area contributed by atoms with Gasteiger partial charge in [-0.25, -0.2) is 4.57 Å². The lowest BCUT2D eigenvalue weighted by atomic mass is 10.0. The van der Waals surface area contributed by atoms with Crippen molar-refractivity contribution in [3.63, 3.8) is 0 Å². The molecule has 3 atom stereocenters. The minimum atomic E-state index is -4.73. The minimum absolute atomic E-state index is 0.150. The van der Waals surface area contributed by atoms with Gasteiger partial charge in [-0.3, -0.25) is 23.4 Å². The standard InChI is InChI=1S/C52H90NO10P/c1-3-5-7-9-11-13-15-17-19-21-23-24-26-28-30-32-34-36-38-40-42-44-51(55)63-48(46-61-64(58,59)62-47-49(53)52(56)57)45-60-50(54)43-41-39-37-35-33-31-29-27-25-22-20-18-16-14-12-10-8-6-4-2/h6,8,12,14,17-20,25,27,31,33,48-49H,3-5,7,9-11,13,15-16,21-24,26,28-30,32,34-47,53H2,1-2H3,(H,56,57)(H,58,59)/b8-6-,14-12-,19-17-,20-18-,27-25-,33-31-/t48-,49+/m1/s1. The number of carboxylic acids is 1. The number of unbranched alkanes of at least 4 members (excludes halogenated alkanes) is 20. The number of allylic oxidation sites excluding steroid dienone is 12. The molecular formula is C52H90NO10P. The van der Waals surface area contributed by atoms with Crippen molar-refractivity contribution in [1.29, 1.82) is 0 Å². The molecule has 0 saturated carbocycles. The number of phosphoric acid groups is 1. The van der Waals surface area contributed by atoms with E-state index in [2.05, 4.69) is 91.3 Å². The molecule has 0 aliphatic rings. The van der Waals surface area contributed by atoms with Crippen molar-refractivity contribution in [2.45, 2.75) is 219 Å². The predicted molar refractivity (Wildman–Crippen MR) is 263 cm³/mol. The summed E-state index contributed by atoms with van der Waals surface area (Å²) in [6, 6.07) is -1.53. The van der Waals surface area contributed by atoms with Gasteiger partial charge in [-0.15, -0.1) is 0 Å². The molecule has 11 nitrogen and oxygen atoms in total. The van der Waals surface area contributed by atoms with Gasteiger partial charge in [-0.05, 0) is 83.5 Å². The van der Waals surface area contributed by atoms with Gasteiger partial charge in [-0.2, -0.15) is 0 Å². The van der Waals surface area contributed by atoms with E-state index in [4.69, 9.17) is 24.8 Å². The molecule has 0 rings (SSSR count). The Hall–Kier alpha value is -3.08. The maximum absolute atomic E-state index is 12.7. The summed E-state index contributed by atoms with van der Waals surface area (Å²) < 4.78 is 32.8. The van der Waals surface area contributed by atoms with Crippen molar-refractivity contribution in [1.82, 2.24) is 0 Å². The second-order valence-corrected chi connectivity index (χ2v) is 18.0. The molecule has 0 radical (unpaired) electrons. The van der Waals surface area contributed by atoms with E-state index >= 15 is 0 Å². The Kier molecular flexibility index (Phi) is 44.2. The van der Waals surface area contributed by atoms with Gasteiger partial charge in [0.2, 0.25) is 0 Å². The molecule has 0 aromatic carbocycles. The summed E-state index contributed by atoms with van der Waals surface area (Å²) in [7, 11) is -4.73. The van der Waals surface area contributed by atoms with Crippen molar-refractivity contribution >= 4 is 25.7 Å². The average molecular weight is 920 g/mol. The maximum Gasteiger partial charge on any atom is 0.472 e. The lowest BCUT2D eigenvalue weighted by Gasteiger charge is -2.20. The summed E-state index contributed by atoms with van der Waals surface area (Å²) in [4.78, 5) is 46.2. The largest absolute Gasteiger partial charge is 0.480 e. The molecule has 0 aromatic rings. The Morgan fingerprint density at radius 2 is 0.875 bits per heavy atom. The summed E-state index contributed by atoms with van der Waals surface area (Å²) in [6.07, 6.45) is 56.8. The van der Waals surface area contributed by atoms with E-state index < -0.39 is 51.1 Å². The molecule has 0 saturated heterocycles. The van der Waals surface area contributed by atoms with Crippen LogP contribution in [0.4, 0.5) is 0 Å². The first-order valence-electron chi connectivity index (χ1n) is 25.0. The van der Waals surface area contributed by atoms with Crippen LogP contribution in [0.1, 0.15) is 206 Å². The molecule has 12 heteroatoms. The number of carboxylic acid groups (broad SMARTS) is 1. The highest BCUT2D eigenvalue weighted by Crippen LogP contribution is 2.43. The van der Waals surface area contributed by atoms with Crippen molar-refractivity contribution < 1.29 is 47.5 Å². The lowest BCUT2D eigenvalue weighted by molar-refractivity contribution is -0.161. The number of phosphoric ester groups is 1. The topological polar surface area (TPSA) is 172 Å². The van der Waals surface area contributed by atoms with Crippen LogP contribution in [0.3, 0.4) is 0 Å². The Morgan fingerprint density at radius 1 is 0.500 bits per heavy atom. The summed E-state index contributed by atoms with van der Waals surface area (Å²) in [6.45, 7) is 2.67. The van der Waals surface area contributed by atoms with E-state index in [1.807, 2.05) is 0 Å². The lowest BCUT2D eigenvalue weighted by Crippen LogP contribution is -2.34. The van der Waals surface area contributed by atoms with Crippen molar-refractivity contribution in [3.05, 3.63) is 72.9 Å². The molecule has 4 N–H and O–H groups in total. The summed E-state index contributed by atoms with van der Waals surface area (Å²) >= 11 is 0. The number of aliphatic carboxylic acids is 1. The van der Waals surface area contributed by atoms with E-state index in [0.29, 0.717) is 12.8 Å². The molecule has 0 aromatic heterocycles. The Balaban J connectivity index is 4.33. The number of carbonyl (C=O) groups excluding carboxylic acids is 2. The third-order valence-corrected chi connectivity index (χ3v) is 11.4. The van der Waals surface area contributed by atoms with Crippen molar-refractivity contribution in [2.24, 2.45) is 5.73 Å². The summed E-state index contributed by atoms with van der Waals surface area (Å²) in [5.74, 6) is -2.42. The normalized spacial score (nSPS) is 14.2. The molecule has 0 aliphatic heterocycles. The van der Waals surface area contributed by atoms with Gasteiger partial charge < -0.3 is 25.2 Å². The maximum atomic E-state index is 12.7. The van der Waals surface area contributed by atoms with Crippen LogP contribution in [-0.2, 0) is 37.5 Å². The molecule has 64 heavy (non-hydrogen) atoms. The Labute approximate surface area is 389 Å². The molecule has 0 aliphatic carbocycles. The summed E-state index contributed by atoms with van der Waals surface area (Å²) in [5, 5.41) is 8.92. The minimum Gasteiger partial charge on any atom is -0.480 e. The van der Waals surface area contributed by atoms with Gasteiger partial charge in [0.1, 0.15) is 12.6 Å². The third kappa shape index (κ3) is 45.5. The first-order valence-corrected chi connectivity index (χ1v) is 26.5. The molecule has 1 unspecified atom stereocenters. The second kappa shape index (κ2) is 46.4. The predicted octanol–water partition coefficient (Wildman–Crippen LogP) is 14.1. The first-order chi connectivity index (χ1) is 31.1. The van der Waals surface area contributed by atoms with Crippen LogP contribution in [0.2, 0.25) is 0 Å². The number of esters is 2. The molecular weight excluding hydrogens is 830 g/mol. The number of nitrogens with two attached hydrogens (primary N) is 1. The average Bonchev–Trinajstić information content (AvgIpc) is 3.27.